The number of fused-ring (bicyclic) bond motifs is 1. The van der Waals surface area contributed by atoms with Crippen LogP contribution in [0, 0.1) is 6.92 Å². The van der Waals surface area contributed by atoms with Crippen molar-refractivity contribution < 1.29 is 0 Å². The highest BCUT2D eigenvalue weighted by atomic mass is 15.1. The highest BCUT2D eigenvalue weighted by Crippen LogP contribution is 2.36. The molecule has 0 bridgehead atoms. The quantitative estimate of drug-likeness (QED) is 0.502. The standard InChI is InChI=1S/C21H21N5/c1-13-12-18(26-25-13)19-16-10-6-7-11-17(16)21(24-20(19)22)23-14(2)15-8-4-3-5-9-15/h3-12,14H,1-2H3,(H,25,26)(H3,22,23,24)/t14-/m1/s1. The third kappa shape index (κ3) is 2.88. The van der Waals surface area contributed by atoms with Crippen molar-refractivity contribution in [2.24, 2.45) is 0 Å². The van der Waals surface area contributed by atoms with E-state index in [4.69, 9.17) is 5.73 Å². The molecule has 26 heavy (non-hydrogen) atoms. The molecule has 0 saturated heterocycles. The zero-order chi connectivity index (χ0) is 18.1. The Labute approximate surface area is 152 Å². The van der Waals surface area contributed by atoms with Gasteiger partial charge >= 0.3 is 0 Å². The van der Waals surface area contributed by atoms with Crippen molar-refractivity contribution in [3.8, 4) is 11.3 Å². The monoisotopic (exact) mass is 343 g/mol. The number of benzene rings is 2. The molecule has 1 atom stereocenters. The maximum atomic E-state index is 6.34. The van der Waals surface area contributed by atoms with Crippen molar-refractivity contribution in [2.75, 3.05) is 11.1 Å². The average Bonchev–Trinajstić information content (AvgIpc) is 3.08. The van der Waals surface area contributed by atoms with Crippen LogP contribution in [0.1, 0.15) is 24.2 Å². The summed E-state index contributed by atoms with van der Waals surface area (Å²) in [6.45, 7) is 4.09. The predicted octanol–water partition coefficient (Wildman–Crippen LogP) is 4.69. The Morgan fingerprint density at radius 1 is 1.00 bits per heavy atom. The highest BCUT2D eigenvalue weighted by molar-refractivity contribution is 6.05. The van der Waals surface area contributed by atoms with Crippen LogP contribution in [0.5, 0.6) is 0 Å². The van der Waals surface area contributed by atoms with E-state index in [-0.39, 0.29) is 6.04 Å². The van der Waals surface area contributed by atoms with Crippen LogP contribution in [-0.2, 0) is 0 Å². The first kappa shape index (κ1) is 16.1. The molecule has 5 heteroatoms. The molecule has 4 aromatic rings. The van der Waals surface area contributed by atoms with Crippen molar-refractivity contribution in [3.63, 3.8) is 0 Å². The number of hydrogen-bond acceptors (Lipinski definition) is 4. The summed E-state index contributed by atoms with van der Waals surface area (Å²) in [4.78, 5) is 4.67. The van der Waals surface area contributed by atoms with Gasteiger partial charge in [-0.05, 0) is 30.9 Å². The van der Waals surface area contributed by atoms with Crippen molar-refractivity contribution in [2.45, 2.75) is 19.9 Å². The minimum Gasteiger partial charge on any atom is -0.383 e. The molecule has 0 aliphatic carbocycles. The zero-order valence-corrected chi connectivity index (χ0v) is 14.8. The topological polar surface area (TPSA) is 79.6 Å². The molecule has 0 fully saturated rings. The van der Waals surface area contributed by atoms with E-state index in [0.29, 0.717) is 5.82 Å². The fraction of sp³-hybridized carbons (Fsp3) is 0.143. The van der Waals surface area contributed by atoms with E-state index in [9.17, 15) is 0 Å². The lowest BCUT2D eigenvalue weighted by molar-refractivity contribution is 0.878. The molecule has 2 aromatic heterocycles. The molecule has 2 aromatic carbocycles. The van der Waals surface area contributed by atoms with Crippen LogP contribution in [0.25, 0.3) is 22.0 Å². The fourth-order valence-corrected chi connectivity index (χ4v) is 3.24. The van der Waals surface area contributed by atoms with Gasteiger partial charge in [0.25, 0.3) is 0 Å². The maximum absolute atomic E-state index is 6.34. The number of nitrogens with one attached hydrogen (secondary N) is 2. The molecular weight excluding hydrogens is 322 g/mol. The van der Waals surface area contributed by atoms with E-state index in [1.54, 1.807) is 0 Å². The molecule has 4 N–H and O–H groups in total. The third-order valence-electron chi connectivity index (χ3n) is 4.55. The van der Waals surface area contributed by atoms with E-state index >= 15 is 0 Å². The molecule has 0 aliphatic heterocycles. The second kappa shape index (κ2) is 6.52. The SMILES string of the molecule is Cc1cc(-c2c(N)nc(N[C@H](C)c3ccccc3)c3ccccc23)n[nH]1. The van der Waals surface area contributed by atoms with Gasteiger partial charge in [-0.1, -0.05) is 54.6 Å². The molecule has 0 amide bonds. The summed E-state index contributed by atoms with van der Waals surface area (Å²) in [7, 11) is 0. The van der Waals surface area contributed by atoms with Crippen LogP contribution in [0.15, 0.2) is 60.7 Å². The largest absolute Gasteiger partial charge is 0.383 e. The van der Waals surface area contributed by atoms with Crippen LogP contribution in [0.3, 0.4) is 0 Å². The molecule has 4 rings (SSSR count). The summed E-state index contributed by atoms with van der Waals surface area (Å²) >= 11 is 0. The second-order valence-electron chi connectivity index (χ2n) is 6.48. The predicted molar refractivity (Wildman–Crippen MR) is 107 cm³/mol. The Kier molecular flexibility index (Phi) is 4.05. The van der Waals surface area contributed by atoms with E-state index in [1.165, 1.54) is 5.56 Å². The van der Waals surface area contributed by atoms with E-state index < -0.39 is 0 Å². The first-order valence-electron chi connectivity index (χ1n) is 8.65. The van der Waals surface area contributed by atoms with Gasteiger partial charge in [0.1, 0.15) is 11.6 Å². The lowest BCUT2D eigenvalue weighted by Gasteiger charge is -2.18. The smallest absolute Gasteiger partial charge is 0.136 e. The van der Waals surface area contributed by atoms with Gasteiger partial charge in [-0.3, -0.25) is 5.10 Å². The van der Waals surface area contributed by atoms with Crippen molar-refractivity contribution >= 4 is 22.4 Å². The third-order valence-corrected chi connectivity index (χ3v) is 4.55. The molecule has 130 valence electrons. The molecule has 0 saturated carbocycles. The number of nitrogen functional groups attached to an aromatic ring is 1. The normalized spacial score (nSPS) is 12.2. The molecule has 5 nitrogen and oxygen atoms in total. The van der Waals surface area contributed by atoms with Crippen LogP contribution in [0.2, 0.25) is 0 Å². The summed E-state index contributed by atoms with van der Waals surface area (Å²) in [5.74, 6) is 1.25. The molecule has 0 radical (unpaired) electrons. The van der Waals surface area contributed by atoms with Gasteiger partial charge in [0.2, 0.25) is 0 Å². The molecule has 2 heterocycles. The number of hydrogen-bond donors (Lipinski definition) is 3. The summed E-state index contributed by atoms with van der Waals surface area (Å²) in [5, 5.41) is 12.9. The van der Waals surface area contributed by atoms with Gasteiger partial charge in [-0.15, -0.1) is 0 Å². The van der Waals surface area contributed by atoms with Crippen molar-refractivity contribution in [3.05, 3.63) is 71.9 Å². The zero-order valence-electron chi connectivity index (χ0n) is 14.8. The number of aromatic amines is 1. The van der Waals surface area contributed by atoms with Crippen molar-refractivity contribution in [1.82, 2.24) is 15.2 Å². The summed E-state index contributed by atoms with van der Waals surface area (Å²) < 4.78 is 0. The van der Waals surface area contributed by atoms with E-state index in [2.05, 4.69) is 51.7 Å². The number of aromatic nitrogens is 3. The van der Waals surface area contributed by atoms with Crippen LogP contribution >= 0.6 is 0 Å². The van der Waals surface area contributed by atoms with Gasteiger partial charge in [0.15, 0.2) is 0 Å². The van der Waals surface area contributed by atoms with Crippen LogP contribution in [-0.4, -0.2) is 15.2 Å². The van der Waals surface area contributed by atoms with Gasteiger partial charge in [0, 0.05) is 17.1 Å². The minimum atomic E-state index is 0.116. The number of nitrogens with zero attached hydrogens (tertiary/aromatic N) is 2. The Morgan fingerprint density at radius 2 is 1.69 bits per heavy atom. The molecular formula is C21H21N5. The molecule has 0 aliphatic rings. The Bertz CT molecular complexity index is 1050. The molecule has 0 spiro atoms. The molecule has 0 unspecified atom stereocenters. The van der Waals surface area contributed by atoms with Gasteiger partial charge in [-0.25, -0.2) is 4.98 Å². The number of nitrogens with two attached hydrogens (primary N) is 1. The Hall–Kier alpha value is -3.34. The summed E-state index contributed by atoms with van der Waals surface area (Å²) in [6, 6.07) is 20.5. The maximum Gasteiger partial charge on any atom is 0.136 e. The van der Waals surface area contributed by atoms with Crippen LogP contribution < -0.4 is 11.1 Å². The lowest BCUT2D eigenvalue weighted by Crippen LogP contribution is -2.10. The fourth-order valence-electron chi connectivity index (χ4n) is 3.24. The number of pyridine rings is 1. The number of anilines is 2. The van der Waals surface area contributed by atoms with Crippen LogP contribution in [0.4, 0.5) is 11.6 Å². The highest BCUT2D eigenvalue weighted by Gasteiger charge is 2.17. The summed E-state index contributed by atoms with van der Waals surface area (Å²) in [6.07, 6.45) is 0. The number of rotatable bonds is 4. The van der Waals surface area contributed by atoms with E-state index in [1.807, 2.05) is 43.3 Å². The number of H-pyrrole nitrogens is 1. The van der Waals surface area contributed by atoms with Crippen molar-refractivity contribution in [1.29, 1.82) is 0 Å². The van der Waals surface area contributed by atoms with E-state index in [0.717, 1.165) is 33.5 Å². The minimum absolute atomic E-state index is 0.116. The second-order valence-corrected chi connectivity index (χ2v) is 6.48. The number of aryl methyl sites for hydroxylation is 1. The first-order valence-corrected chi connectivity index (χ1v) is 8.65. The average molecular weight is 343 g/mol. The summed E-state index contributed by atoms with van der Waals surface area (Å²) in [5.41, 5.74) is 10.2. The van der Waals surface area contributed by atoms with Gasteiger partial charge in [-0.2, -0.15) is 5.10 Å². The lowest BCUT2D eigenvalue weighted by atomic mass is 10.0. The van der Waals surface area contributed by atoms with Gasteiger partial charge in [0.05, 0.1) is 11.3 Å². The Balaban J connectivity index is 1.82. The Morgan fingerprint density at radius 3 is 2.38 bits per heavy atom. The van der Waals surface area contributed by atoms with Gasteiger partial charge < -0.3 is 11.1 Å². The first-order chi connectivity index (χ1) is 12.6.